The van der Waals surface area contributed by atoms with Gasteiger partial charge in [-0.15, -0.1) is 0 Å². The molecule has 22 heavy (non-hydrogen) atoms. The Hall–Kier alpha value is -1.24. The molecule has 0 spiro atoms. The summed E-state index contributed by atoms with van der Waals surface area (Å²) in [5.41, 5.74) is 1.69. The van der Waals surface area contributed by atoms with Crippen molar-refractivity contribution in [2.75, 3.05) is 0 Å². The van der Waals surface area contributed by atoms with Crippen LogP contribution in [-0.2, 0) is 0 Å². The maximum absolute atomic E-state index is 2.49. The first-order valence-electron chi connectivity index (χ1n) is 8.77. The fourth-order valence-electron chi connectivity index (χ4n) is 3.37. The topological polar surface area (TPSA) is 3.24 Å². The molecule has 0 heterocycles. The Morgan fingerprint density at radius 1 is 1.32 bits per heavy atom. The van der Waals surface area contributed by atoms with Crippen molar-refractivity contribution >= 4 is 0 Å². The molecule has 0 fully saturated rings. The second kappa shape index (κ2) is 8.41. The predicted octanol–water partition coefficient (Wildman–Crippen LogP) is 6.11. The summed E-state index contributed by atoms with van der Waals surface area (Å²) in [5, 5.41) is 0. The molecule has 0 N–H and O–H groups in total. The van der Waals surface area contributed by atoms with E-state index in [9.17, 15) is 0 Å². The highest BCUT2D eigenvalue weighted by molar-refractivity contribution is 5.28. The van der Waals surface area contributed by atoms with E-state index in [1.807, 2.05) is 0 Å². The molecule has 124 valence electrons. The Labute approximate surface area is 138 Å². The average Bonchev–Trinajstić information content (AvgIpc) is 2.48. The SMILES string of the molecule is C/C=C\N(C(C)C1=CC=CCC1C(C)C=CCC)C(C)(C)C. The summed E-state index contributed by atoms with van der Waals surface area (Å²) < 4.78 is 0. The van der Waals surface area contributed by atoms with Crippen LogP contribution < -0.4 is 0 Å². The van der Waals surface area contributed by atoms with Gasteiger partial charge in [0.25, 0.3) is 0 Å². The van der Waals surface area contributed by atoms with Crippen molar-refractivity contribution in [2.24, 2.45) is 11.8 Å². The quantitative estimate of drug-likeness (QED) is 0.535. The minimum atomic E-state index is 0.126. The zero-order valence-electron chi connectivity index (χ0n) is 15.6. The molecule has 0 aromatic carbocycles. The molecule has 0 aromatic heterocycles. The smallest absolute Gasteiger partial charge is 0.0479 e. The highest BCUT2D eigenvalue weighted by atomic mass is 15.2. The van der Waals surface area contributed by atoms with Gasteiger partial charge in [-0.05, 0) is 71.1 Å². The molecule has 3 unspecified atom stereocenters. The van der Waals surface area contributed by atoms with E-state index in [-0.39, 0.29) is 5.54 Å². The minimum Gasteiger partial charge on any atom is -0.367 e. The van der Waals surface area contributed by atoms with Crippen molar-refractivity contribution in [3.05, 3.63) is 48.2 Å². The van der Waals surface area contributed by atoms with Crippen molar-refractivity contribution in [3.8, 4) is 0 Å². The van der Waals surface area contributed by atoms with Crippen LogP contribution in [0.4, 0.5) is 0 Å². The van der Waals surface area contributed by atoms with Crippen LogP contribution in [0, 0.1) is 11.8 Å². The van der Waals surface area contributed by atoms with Crippen LogP contribution in [0.25, 0.3) is 0 Å². The van der Waals surface area contributed by atoms with Crippen LogP contribution in [0.3, 0.4) is 0 Å². The van der Waals surface area contributed by atoms with Crippen molar-refractivity contribution in [1.29, 1.82) is 0 Å². The molecule has 1 rings (SSSR count). The number of allylic oxidation sites excluding steroid dienone is 6. The molecule has 0 aromatic rings. The summed E-state index contributed by atoms with van der Waals surface area (Å²) in [4.78, 5) is 2.49. The molecular formula is C21H35N. The van der Waals surface area contributed by atoms with E-state index in [1.165, 1.54) is 0 Å². The predicted molar refractivity (Wildman–Crippen MR) is 99.8 cm³/mol. The van der Waals surface area contributed by atoms with Gasteiger partial charge in [0.1, 0.15) is 0 Å². The Morgan fingerprint density at radius 3 is 2.55 bits per heavy atom. The molecule has 0 amide bonds. The standard InChI is InChI=1S/C21H35N/c1-8-10-13-17(3)19-14-11-12-15-20(19)18(4)22(16-9-2)21(5,6)7/h9-13,15-19H,8,14H2,1-7H3/b13-10?,16-9-. The van der Waals surface area contributed by atoms with Gasteiger partial charge in [0.2, 0.25) is 0 Å². The number of rotatable bonds is 6. The molecule has 1 heteroatoms. The Morgan fingerprint density at radius 2 is 2.00 bits per heavy atom. The molecule has 0 radical (unpaired) electrons. The van der Waals surface area contributed by atoms with Gasteiger partial charge in [0, 0.05) is 11.6 Å². The summed E-state index contributed by atoms with van der Waals surface area (Å²) in [7, 11) is 0. The van der Waals surface area contributed by atoms with Crippen LogP contribution >= 0.6 is 0 Å². The van der Waals surface area contributed by atoms with E-state index in [0.717, 1.165) is 12.8 Å². The largest absolute Gasteiger partial charge is 0.367 e. The first-order valence-corrected chi connectivity index (χ1v) is 8.77. The van der Waals surface area contributed by atoms with Crippen LogP contribution in [0.5, 0.6) is 0 Å². The molecule has 0 saturated carbocycles. The maximum atomic E-state index is 2.49. The Kier molecular flexibility index (Phi) is 7.19. The van der Waals surface area contributed by atoms with Gasteiger partial charge in [-0.25, -0.2) is 0 Å². The van der Waals surface area contributed by atoms with Gasteiger partial charge in [0.15, 0.2) is 0 Å². The summed E-state index contributed by atoms with van der Waals surface area (Å²) >= 11 is 0. The zero-order chi connectivity index (χ0) is 16.8. The highest BCUT2D eigenvalue weighted by Crippen LogP contribution is 2.35. The molecule has 1 aliphatic carbocycles. The lowest BCUT2D eigenvalue weighted by Crippen LogP contribution is -2.45. The number of hydrogen-bond acceptors (Lipinski definition) is 1. The third kappa shape index (κ3) is 4.90. The minimum absolute atomic E-state index is 0.126. The monoisotopic (exact) mass is 301 g/mol. The third-order valence-electron chi connectivity index (χ3n) is 4.54. The normalized spacial score (nSPS) is 22.1. The van der Waals surface area contributed by atoms with Crippen molar-refractivity contribution in [1.82, 2.24) is 4.90 Å². The summed E-state index contributed by atoms with van der Waals surface area (Å²) in [6.45, 7) is 15.9. The first-order chi connectivity index (χ1) is 10.3. The Bertz CT molecular complexity index is 445. The molecule has 0 bridgehead atoms. The fourth-order valence-corrected chi connectivity index (χ4v) is 3.37. The lowest BCUT2D eigenvalue weighted by molar-refractivity contribution is 0.163. The zero-order valence-corrected chi connectivity index (χ0v) is 15.6. The summed E-state index contributed by atoms with van der Waals surface area (Å²) in [6.07, 6.45) is 18.2. The second-order valence-electron chi connectivity index (χ2n) is 7.37. The number of hydrogen-bond donors (Lipinski definition) is 0. The van der Waals surface area contributed by atoms with Gasteiger partial charge in [0.05, 0.1) is 0 Å². The van der Waals surface area contributed by atoms with Gasteiger partial charge >= 0.3 is 0 Å². The fraction of sp³-hybridized carbons (Fsp3) is 0.619. The van der Waals surface area contributed by atoms with Gasteiger partial charge < -0.3 is 4.90 Å². The van der Waals surface area contributed by atoms with Gasteiger partial charge in [-0.3, -0.25) is 0 Å². The lowest BCUT2D eigenvalue weighted by Gasteiger charge is -2.43. The van der Waals surface area contributed by atoms with Crippen LogP contribution in [-0.4, -0.2) is 16.5 Å². The van der Waals surface area contributed by atoms with Crippen molar-refractivity contribution in [2.45, 2.75) is 72.9 Å². The van der Waals surface area contributed by atoms with Crippen molar-refractivity contribution in [3.63, 3.8) is 0 Å². The van der Waals surface area contributed by atoms with Crippen LogP contribution in [0.2, 0.25) is 0 Å². The Balaban J connectivity index is 3.05. The van der Waals surface area contributed by atoms with E-state index in [0.29, 0.717) is 17.9 Å². The highest BCUT2D eigenvalue weighted by Gasteiger charge is 2.30. The third-order valence-corrected chi connectivity index (χ3v) is 4.54. The van der Waals surface area contributed by atoms with Gasteiger partial charge in [-0.2, -0.15) is 0 Å². The molecule has 1 nitrogen and oxygen atoms in total. The summed E-state index contributed by atoms with van der Waals surface area (Å²) in [5.74, 6) is 1.20. The lowest BCUT2D eigenvalue weighted by atomic mass is 9.78. The molecular weight excluding hydrogens is 266 g/mol. The molecule has 1 aliphatic rings. The molecule has 0 saturated heterocycles. The second-order valence-corrected chi connectivity index (χ2v) is 7.37. The maximum Gasteiger partial charge on any atom is 0.0479 e. The summed E-state index contributed by atoms with van der Waals surface area (Å²) in [6, 6.07) is 0.420. The first kappa shape index (κ1) is 18.8. The van der Waals surface area contributed by atoms with E-state index in [4.69, 9.17) is 0 Å². The van der Waals surface area contributed by atoms with E-state index >= 15 is 0 Å². The van der Waals surface area contributed by atoms with Crippen LogP contribution in [0.15, 0.2) is 48.2 Å². The van der Waals surface area contributed by atoms with Crippen LogP contribution in [0.1, 0.15) is 61.3 Å². The molecule has 3 atom stereocenters. The van der Waals surface area contributed by atoms with E-state index in [1.54, 1.807) is 5.57 Å². The van der Waals surface area contributed by atoms with E-state index in [2.05, 4.69) is 96.0 Å². The van der Waals surface area contributed by atoms with E-state index < -0.39 is 0 Å². The van der Waals surface area contributed by atoms with Crippen molar-refractivity contribution < 1.29 is 0 Å². The number of nitrogens with zero attached hydrogens (tertiary/aromatic N) is 1. The average molecular weight is 302 g/mol. The van der Waals surface area contributed by atoms with Gasteiger partial charge in [-0.1, -0.05) is 50.3 Å². The molecule has 0 aliphatic heterocycles.